The summed E-state index contributed by atoms with van der Waals surface area (Å²) in [5.41, 5.74) is 1.36. The minimum Gasteiger partial charge on any atom is -0.332 e. The van der Waals surface area contributed by atoms with Gasteiger partial charge >= 0.3 is 0 Å². The van der Waals surface area contributed by atoms with Gasteiger partial charge in [-0.15, -0.1) is 11.3 Å². The lowest BCUT2D eigenvalue weighted by atomic mass is 10.1. The highest BCUT2D eigenvalue weighted by Gasteiger charge is 2.20. The van der Waals surface area contributed by atoms with E-state index in [0.717, 1.165) is 16.0 Å². The van der Waals surface area contributed by atoms with Gasteiger partial charge in [0.25, 0.3) is 0 Å². The fraction of sp³-hybridized carbons (Fsp3) is 0.130. The molecule has 4 nitrogen and oxygen atoms in total. The second-order valence-corrected chi connectivity index (χ2v) is 7.98. The number of carbonyl (C=O) groups excluding carboxylic acids is 1. The predicted octanol–water partition coefficient (Wildman–Crippen LogP) is 5.32. The number of pyridine rings is 1. The summed E-state index contributed by atoms with van der Waals surface area (Å²) < 4.78 is 30.2. The number of aryl methyl sites for hydroxylation is 1. The molecule has 0 saturated carbocycles. The molecule has 0 unspecified atom stereocenters. The molecule has 30 heavy (non-hydrogen) atoms. The van der Waals surface area contributed by atoms with Gasteiger partial charge in [-0.3, -0.25) is 9.59 Å². The van der Waals surface area contributed by atoms with Crippen molar-refractivity contribution in [2.45, 2.75) is 20.4 Å². The number of nitrogens with zero attached hydrogens (tertiary/aromatic N) is 1. The fourth-order valence-electron chi connectivity index (χ4n) is 3.49. The highest BCUT2D eigenvalue weighted by Crippen LogP contribution is 2.37. The van der Waals surface area contributed by atoms with Crippen LogP contribution < -0.4 is 10.7 Å². The summed E-state index contributed by atoms with van der Waals surface area (Å²) in [4.78, 5) is 26.2. The Kier molecular flexibility index (Phi) is 5.22. The van der Waals surface area contributed by atoms with Gasteiger partial charge in [-0.1, -0.05) is 36.4 Å². The molecular weight excluding hydrogens is 406 g/mol. The van der Waals surface area contributed by atoms with Crippen molar-refractivity contribution in [3.05, 3.63) is 87.7 Å². The Bertz CT molecular complexity index is 1310. The van der Waals surface area contributed by atoms with E-state index in [4.69, 9.17) is 0 Å². The number of rotatable bonds is 4. The maximum atomic E-state index is 14.3. The number of thiophene rings is 1. The summed E-state index contributed by atoms with van der Waals surface area (Å²) in [5, 5.41) is 2.97. The summed E-state index contributed by atoms with van der Waals surface area (Å²) in [6.45, 7) is 3.03. The number of carbonyl (C=O) groups is 1. The Morgan fingerprint density at radius 3 is 2.37 bits per heavy atom. The van der Waals surface area contributed by atoms with Gasteiger partial charge in [0.2, 0.25) is 11.3 Å². The van der Waals surface area contributed by atoms with Crippen molar-refractivity contribution in [3.8, 4) is 10.4 Å². The van der Waals surface area contributed by atoms with Gasteiger partial charge < -0.3 is 9.88 Å². The predicted molar refractivity (Wildman–Crippen MR) is 116 cm³/mol. The van der Waals surface area contributed by atoms with Crippen LogP contribution in [0.4, 0.5) is 14.5 Å². The van der Waals surface area contributed by atoms with Gasteiger partial charge in [-0.2, -0.15) is 0 Å². The molecule has 0 aliphatic carbocycles. The molecule has 4 rings (SSSR count). The molecule has 1 amide bonds. The lowest BCUT2D eigenvalue weighted by Gasteiger charge is -2.13. The Morgan fingerprint density at radius 2 is 1.73 bits per heavy atom. The zero-order chi connectivity index (χ0) is 21.4. The van der Waals surface area contributed by atoms with Crippen molar-refractivity contribution in [1.82, 2.24) is 4.57 Å². The maximum Gasteiger partial charge on any atom is 0.221 e. The average Bonchev–Trinajstić information content (AvgIpc) is 3.06. The molecular formula is C23H18F2N2O2S. The van der Waals surface area contributed by atoms with E-state index in [9.17, 15) is 18.4 Å². The standard InChI is InChI=1S/C23H18F2N2O2S/c1-13-20-21(29)19(26-14(2)28)12-27(11-16-17(24)9-6-10-18(16)25)23(20)30-22(13)15-7-4-3-5-8-15/h3-10,12H,11H2,1-2H3,(H,26,28). The molecule has 0 spiro atoms. The fourth-order valence-corrected chi connectivity index (χ4v) is 4.78. The zero-order valence-electron chi connectivity index (χ0n) is 16.3. The first-order valence-electron chi connectivity index (χ1n) is 9.29. The summed E-state index contributed by atoms with van der Waals surface area (Å²) in [5.74, 6) is -1.73. The van der Waals surface area contributed by atoms with Crippen molar-refractivity contribution >= 4 is 33.1 Å². The number of aromatic nitrogens is 1. The largest absolute Gasteiger partial charge is 0.332 e. The van der Waals surface area contributed by atoms with Gasteiger partial charge in [0, 0.05) is 23.6 Å². The molecule has 4 aromatic rings. The van der Waals surface area contributed by atoms with Crippen LogP contribution >= 0.6 is 11.3 Å². The molecule has 2 aromatic carbocycles. The first kappa shape index (κ1) is 20.0. The monoisotopic (exact) mass is 424 g/mol. The number of nitrogens with one attached hydrogen (secondary N) is 1. The minimum atomic E-state index is -0.667. The second kappa shape index (κ2) is 7.84. The van der Waals surface area contributed by atoms with E-state index >= 15 is 0 Å². The Labute approximate surface area is 175 Å². The Morgan fingerprint density at radius 1 is 1.07 bits per heavy atom. The minimum absolute atomic E-state index is 0.0762. The van der Waals surface area contributed by atoms with Crippen LogP contribution in [0.25, 0.3) is 20.7 Å². The highest BCUT2D eigenvalue weighted by molar-refractivity contribution is 7.22. The van der Waals surface area contributed by atoms with Crippen LogP contribution in [0.15, 0.2) is 59.5 Å². The van der Waals surface area contributed by atoms with E-state index in [1.54, 1.807) is 4.57 Å². The number of anilines is 1. The summed E-state index contributed by atoms with van der Waals surface area (Å²) in [6.07, 6.45) is 1.45. The van der Waals surface area contributed by atoms with Gasteiger partial charge in [0.05, 0.1) is 11.9 Å². The Hall–Kier alpha value is -3.32. The molecule has 7 heteroatoms. The van der Waals surface area contributed by atoms with Crippen molar-refractivity contribution in [2.24, 2.45) is 0 Å². The van der Waals surface area contributed by atoms with Crippen molar-refractivity contribution in [2.75, 3.05) is 5.32 Å². The third-order valence-electron chi connectivity index (χ3n) is 4.88. The smallest absolute Gasteiger partial charge is 0.221 e. The second-order valence-electron chi connectivity index (χ2n) is 6.98. The van der Waals surface area contributed by atoms with Crippen molar-refractivity contribution < 1.29 is 13.6 Å². The van der Waals surface area contributed by atoms with Gasteiger partial charge in [-0.25, -0.2) is 8.78 Å². The molecule has 2 heterocycles. The Balaban J connectivity index is 1.99. The molecule has 0 radical (unpaired) electrons. The van der Waals surface area contributed by atoms with Crippen LogP contribution in [-0.4, -0.2) is 10.5 Å². The van der Waals surface area contributed by atoms with E-state index in [-0.39, 0.29) is 23.2 Å². The average molecular weight is 424 g/mol. The summed E-state index contributed by atoms with van der Waals surface area (Å²) in [7, 11) is 0. The van der Waals surface area contributed by atoms with Crippen LogP contribution in [-0.2, 0) is 11.3 Å². The number of halogens is 2. The third-order valence-corrected chi connectivity index (χ3v) is 6.26. The highest BCUT2D eigenvalue weighted by atomic mass is 32.1. The maximum absolute atomic E-state index is 14.3. The number of hydrogen-bond acceptors (Lipinski definition) is 3. The quantitative estimate of drug-likeness (QED) is 0.482. The van der Waals surface area contributed by atoms with Crippen molar-refractivity contribution in [1.29, 1.82) is 0 Å². The molecule has 152 valence electrons. The van der Waals surface area contributed by atoms with Gasteiger partial charge in [0.15, 0.2) is 0 Å². The van der Waals surface area contributed by atoms with E-state index < -0.39 is 17.5 Å². The molecule has 0 atom stereocenters. The van der Waals surface area contributed by atoms with E-state index in [1.165, 1.54) is 42.7 Å². The number of amides is 1. The first-order chi connectivity index (χ1) is 14.4. The molecule has 2 aromatic heterocycles. The van der Waals surface area contributed by atoms with E-state index in [1.807, 2.05) is 37.3 Å². The molecule has 0 aliphatic heterocycles. The normalized spacial score (nSPS) is 11.1. The van der Waals surface area contributed by atoms with Crippen LogP contribution in [0.1, 0.15) is 18.1 Å². The lowest BCUT2D eigenvalue weighted by Crippen LogP contribution is -2.19. The van der Waals surface area contributed by atoms with E-state index in [2.05, 4.69) is 5.32 Å². The van der Waals surface area contributed by atoms with Gasteiger partial charge in [0.1, 0.15) is 22.2 Å². The zero-order valence-corrected chi connectivity index (χ0v) is 17.1. The SMILES string of the molecule is CC(=O)Nc1cn(Cc2c(F)cccc2F)c2sc(-c3ccccc3)c(C)c2c1=O. The van der Waals surface area contributed by atoms with E-state index in [0.29, 0.717) is 10.2 Å². The van der Waals surface area contributed by atoms with Crippen LogP contribution in [0.2, 0.25) is 0 Å². The number of hydrogen-bond donors (Lipinski definition) is 1. The summed E-state index contributed by atoms with van der Waals surface area (Å²) in [6, 6.07) is 13.3. The number of fused-ring (bicyclic) bond motifs is 1. The molecule has 0 fully saturated rings. The summed E-state index contributed by atoms with van der Waals surface area (Å²) >= 11 is 1.38. The molecule has 0 saturated heterocycles. The first-order valence-corrected chi connectivity index (χ1v) is 10.1. The lowest BCUT2D eigenvalue weighted by molar-refractivity contribution is -0.114. The molecule has 1 N–H and O–H groups in total. The van der Waals surface area contributed by atoms with Crippen LogP contribution in [0, 0.1) is 18.6 Å². The van der Waals surface area contributed by atoms with Crippen LogP contribution in [0.3, 0.4) is 0 Å². The van der Waals surface area contributed by atoms with Crippen LogP contribution in [0.5, 0.6) is 0 Å². The molecule has 0 aliphatic rings. The van der Waals surface area contributed by atoms with Crippen molar-refractivity contribution in [3.63, 3.8) is 0 Å². The number of benzene rings is 2. The third kappa shape index (κ3) is 3.52. The van der Waals surface area contributed by atoms with Gasteiger partial charge in [-0.05, 0) is 30.2 Å². The topological polar surface area (TPSA) is 51.1 Å². The molecule has 0 bridgehead atoms.